The van der Waals surface area contributed by atoms with Crippen molar-refractivity contribution in [3.63, 3.8) is 0 Å². The average Bonchev–Trinajstić information content (AvgIpc) is 2.25. The van der Waals surface area contributed by atoms with Crippen LogP contribution in [0.15, 0.2) is 0 Å². The van der Waals surface area contributed by atoms with E-state index in [0.29, 0.717) is 12.1 Å². The molecule has 2 aliphatic rings. The van der Waals surface area contributed by atoms with Crippen molar-refractivity contribution in [3.8, 4) is 0 Å². The van der Waals surface area contributed by atoms with Crippen LogP contribution in [-0.2, 0) is 0 Å². The number of hydrogen-bond acceptors (Lipinski definition) is 3. The molecule has 2 fully saturated rings. The number of likely N-dealkylation sites (tertiary alicyclic amines) is 1. The summed E-state index contributed by atoms with van der Waals surface area (Å²) in [6.07, 6.45) is 5.52. The predicted molar refractivity (Wildman–Crippen MR) is 66.5 cm³/mol. The number of aliphatic hydroxyl groups is 1. The van der Waals surface area contributed by atoms with E-state index < -0.39 is 0 Å². The Hall–Kier alpha value is -0.120. The largest absolute Gasteiger partial charge is 0.393 e. The lowest BCUT2D eigenvalue weighted by atomic mass is 9.89. The van der Waals surface area contributed by atoms with Crippen LogP contribution in [0.5, 0.6) is 0 Å². The van der Waals surface area contributed by atoms with Crippen molar-refractivity contribution in [2.45, 2.75) is 57.2 Å². The first-order valence-corrected chi connectivity index (χ1v) is 6.78. The second kappa shape index (κ2) is 5.48. The highest BCUT2D eigenvalue weighted by atomic mass is 16.3. The molecular formula is C13H26N2O. The summed E-state index contributed by atoms with van der Waals surface area (Å²) in [6, 6.07) is 1.34. The molecule has 1 saturated heterocycles. The van der Waals surface area contributed by atoms with E-state index in [0.717, 1.165) is 31.6 Å². The molecule has 0 radical (unpaired) electrons. The van der Waals surface area contributed by atoms with Crippen molar-refractivity contribution < 1.29 is 5.11 Å². The summed E-state index contributed by atoms with van der Waals surface area (Å²) in [4.78, 5) is 2.42. The third-order valence-corrected chi connectivity index (χ3v) is 4.25. The summed E-state index contributed by atoms with van der Waals surface area (Å²) < 4.78 is 0. The topological polar surface area (TPSA) is 35.5 Å². The zero-order valence-electron chi connectivity index (χ0n) is 10.7. The summed E-state index contributed by atoms with van der Waals surface area (Å²) in [7, 11) is 2.21. The van der Waals surface area contributed by atoms with Crippen molar-refractivity contribution in [1.82, 2.24) is 10.2 Å². The fourth-order valence-electron chi connectivity index (χ4n) is 3.15. The summed E-state index contributed by atoms with van der Waals surface area (Å²) in [5.41, 5.74) is 0. The second-order valence-corrected chi connectivity index (χ2v) is 5.81. The van der Waals surface area contributed by atoms with Crippen LogP contribution in [0.2, 0.25) is 0 Å². The molecule has 0 aromatic heterocycles. The fraction of sp³-hybridized carbons (Fsp3) is 1.00. The van der Waals surface area contributed by atoms with Gasteiger partial charge in [0.15, 0.2) is 0 Å². The van der Waals surface area contributed by atoms with Crippen molar-refractivity contribution in [2.75, 3.05) is 20.1 Å². The zero-order valence-corrected chi connectivity index (χ0v) is 10.7. The minimum absolute atomic E-state index is 0.0343. The predicted octanol–water partition coefficient (Wildman–Crippen LogP) is 1.22. The van der Waals surface area contributed by atoms with Gasteiger partial charge < -0.3 is 15.3 Å². The van der Waals surface area contributed by atoms with Crippen molar-refractivity contribution in [1.29, 1.82) is 0 Å². The van der Waals surface area contributed by atoms with Gasteiger partial charge in [0.05, 0.1) is 6.10 Å². The van der Waals surface area contributed by atoms with E-state index in [4.69, 9.17) is 0 Å². The van der Waals surface area contributed by atoms with E-state index in [1.807, 2.05) is 0 Å². The van der Waals surface area contributed by atoms with Gasteiger partial charge in [-0.15, -0.1) is 0 Å². The van der Waals surface area contributed by atoms with Gasteiger partial charge >= 0.3 is 0 Å². The summed E-state index contributed by atoms with van der Waals surface area (Å²) >= 11 is 0. The Morgan fingerprint density at radius 2 is 1.81 bits per heavy atom. The quantitative estimate of drug-likeness (QED) is 0.743. The van der Waals surface area contributed by atoms with Gasteiger partial charge in [-0.25, -0.2) is 0 Å². The number of nitrogens with zero attached hydrogens (tertiary/aromatic N) is 1. The molecule has 1 heterocycles. The molecule has 2 atom stereocenters. The molecule has 0 spiro atoms. The fourth-order valence-corrected chi connectivity index (χ4v) is 3.15. The Balaban J connectivity index is 1.76. The maximum Gasteiger partial charge on any atom is 0.0541 e. The van der Waals surface area contributed by atoms with Gasteiger partial charge in [-0.05, 0) is 51.6 Å². The molecule has 0 aromatic carbocycles. The smallest absolute Gasteiger partial charge is 0.0541 e. The van der Waals surface area contributed by atoms with Gasteiger partial charge in [0, 0.05) is 18.6 Å². The highest BCUT2D eigenvalue weighted by molar-refractivity contribution is 4.86. The monoisotopic (exact) mass is 226 g/mol. The van der Waals surface area contributed by atoms with Gasteiger partial charge in [0.1, 0.15) is 0 Å². The molecule has 1 aliphatic carbocycles. The SMILES string of the molecule is CC1CN(C)CCC1NC1CCC(O)CC1. The van der Waals surface area contributed by atoms with Gasteiger partial charge in [-0.3, -0.25) is 0 Å². The molecular weight excluding hydrogens is 200 g/mol. The van der Waals surface area contributed by atoms with E-state index in [9.17, 15) is 5.11 Å². The van der Waals surface area contributed by atoms with Gasteiger partial charge in [0.2, 0.25) is 0 Å². The van der Waals surface area contributed by atoms with Crippen LogP contribution in [0.3, 0.4) is 0 Å². The molecule has 0 amide bonds. The number of aliphatic hydroxyl groups excluding tert-OH is 1. The maximum atomic E-state index is 9.49. The normalized spacial score (nSPS) is 42.2. The van der Waals surface area contributed by atoms with E-state index in [1.165, 1.54) is 19.5 Å². The maximum absolute atomic E-state index is 9.49. The first-order chi connectivity index (χ1) is 7.65. The second-order valence-electron chi connectivity index (χ2n) is 5.81. The van der Waals surface area contributed by atoms with Crippen molar-refractivity contribution in [2.24, 2.45) is 5.92 Å². The van der Waals surface area contributed by atoms with Crippen molar-refractivity contribution >= 4 is 0 Å². The van der Waals surface area contributed by atoms with Crippen LogP contribution >= 0.6 is 0 Å². The van der Waals surface area contributed by atoms with E-state index in [2.05, 4.69) is 24.2 Å². The van der Waals surface area contributed by atoms with Gasteiger partial charge in [-0.1, -0.05) is 6.92 Å². The lowest BCUT2D eigenvalue weighted by Gasteiger charge is -2.38. The Morgan fingerprint density at radius 3 is 2.44 bits per heavy atom. The van der Waals surface area contributed by atoms with Gasteiger partial charge in [-0.2, -0.15) is 0 Å². The first-order valence-electron chi connectivity index (χ1n) is 6.78. The standard InChI is InChI=1S/C13H26N2O/c1-10-9-15(2)8-7-13(10)14-11-3-5-12(16)6-4-11/h10-14,16H,3-9H2,1-2H3. The first kappa shape index (κ1) is 12.3. The summed E-state index contributed by atoms with van der Waals surface area (Å²) in [5.74, 6) is 0.755. The molecule has 2 unspecified atom stereocenters. The Bertz CT molecular complexity index is 214. The third kappa shape index (κ3) is 3.19. The number of nitrogens with one attached hydrogen (secondary N) is 1. The summed E-state index contributed by atoms with van der Waals surface area (Å²) in [5, 5.41) is 13.3. The summed E-state index contributed by atoms with van der Waals surface area (Å²) in [6.45, 7) is 4.79. The van der Waals surface area contributed by atoms with Crippen LogP contribution < -0.4 is 5.32 Å². The van der Waals surface area contributed by atoms with Crippen molar-refractivity contribution in [3.05, 3.63) is 0 Å². The van der Waals surface area contributed by atoms with Crippen LogP contribution in [-0.4, -0.2) is 48.3 Å². The van der Waals surface area contributed by atoms with E-state index in [1.54, 1.807) is 0 Å². The zero-order chi connectivity index (χ0) is 11.5. The molecule has 0 aromatic rings. The molecule has 2 rings (SSSR count). The average molecular weight is 226 g/mol. The van der Waals surface area contributed by atoms with Crippen LogP contribution in [0.1, 0.15) is 39.0 Å². The highest BCUT2D eigenvalue weighted by Crippen LogP contribution is 2.22. The Labute approximate surface area is 99.2 Å². The van der Waals surface area contributed by atoms with E-state index >= 15 is 0 Å². The van der Waals surface area contributed by atoms with Gasteiger partial charge in [0.25, 0.3) is 0 Å². The minimum Gasteiger partial charge on any atom is -0.393 e. The molecule has 1 aliphatic heterocycles. The van der Waals surface area contributed by atoms with Crippen LogP contribution in [0, 0.1) is 5.92 Å². The van der Waals surface area contributed by atoms with Crippen LogP contribution in [0.4, 0.5) is 0 Å². The molecule has 94 valence electrons. The number of rotatable bonds is 2. The van der Waals surface area contributed by atoms with Crippen LogP contribution in [0.25, 0.3) is 0 Å². The molecule has 16 heavy (non-hydrogen) atoms. The number of hydrogen-bond donors (Lipinski definition) is 2. The number of piperidine rings is 1. The lowest BCUT2D eigenvalue weighted by molar-refractivity contribution is 0.102. The molecule has 2 N–H and O–H groups in total. The lowest BCUT2D eigenvalue weighted by Crippen LogP contribution is -2.51. The third-order valence-electron chi connectivity index (χ3n) is 4.25. The minimum atomic E-state index is -0.0343. The highest BCUT2D eigenvalue weighted by Gasteiger charge is 2.27. The molecule has 1 saturated carbocycles. The molecule has 3 nitrogen and oxygen atoms in total. The van der Waals surface area contributed by atoms with E-state index in [-0.39, 0.29) is 6.10 Å². The molecule has 3 heteroatoms. The Kier molecular flexibility index (Phi) is 4.22. The Morgan fingerprint density at radius 1 is 1.12 bits per heavy atom. The molecule has 0 bridgehead atoms.